The molecule has 0 unspecified atom stereocenters. The Bertz CT molecular complexity index is 1030. The summed E-state index contributed by atoms with van der Waals surface area (Å²) < 4.78 is 39.6. The fourth-order valence-corrected chi connectivity index (χ4v) is 5.44. The summed E-state index contributed by atoms with van der Waals surface area (Å²) in [7, 11) is -3.68. The lowest BCUT2D eigenvalue weighted by Gasteiger charge is -2.34. The molecule has 1 N–H and O–H groups in total. The Kier molecular flexibility index (Phi) is 5.23. The van der Waals surface area contributed by atoms with Crippen LogP contribution in [0, 0.1) is 0 Å². The number of hydrogen-bond acceptors (Lipinski definition) is 5. The first kappa shape index (κ1) is 19.7. The summed E-state index contributed by atoms with van der Waals surface area (Å²) in [6.45, 7) is 4.90. The number of fused-ring (bicyclic) bond motifs is 2. The predicted molar refractivity (Wildman–Crippen MR) is 109 cm³/mol. The predicted octanol–water partition coefficient (Wildman–Crippen LogP) is 3.11. The van der Waals surface area contributed by atoms with Crippen LogP contribution in [0.3, 0.4) is 0 Å². The lowest BCUT2D eigenvalue weighted by Crippen LogP contribution is -2.38. The second-order valence-electron chi connectivity index (χ2n) is 7.30. The number of amides is 1. The monoisotopic (exact) mass is 416 g/mol. The van der Waals surface area contributed by atoms with E-state index in [2.05, 4.69) is 5.32 Å². The molecule has 4 rings (SSSR count). The fraction of sp³-hybridized carbons (Fsp3) is 0.381. The summed E-state index contributed by atoms with van der Waals surface area (Å²) in [5.74, 6) is 1.21. The molecule has 0 spiro atoms. The SMILES string of the molecule is CC(=O)Nc1ccc(S(=O)(=O)N2CCc3cc4c(cc3[C@@H]2C)OCCCO4)cc1. The summed E-state index contributed by atoms with van der Waals surface area (Å²) in [6, 6.07) is 9.83. The molecule has 1 amide bonds. The molecule has 0 saturated heterocycles. The van der Waals surface area contributed by atoms with Crippen molar-refractivity contribution in [2.45, 2.75) is 37.6 Å². The molecule has 1 atom stereocenters. The van der Waals surface area contributed by atoms with Crippen LogP contribution in [-0.4, -0.2) is 38.4 Å². The third-order valence-electron chi connectivity index (χ3n) is 5.27. The van der Waals surface area contributed by atoms with Crippen LogP contribution < -0.4 is 14.8 Å². The second kappa shape index (κ2) is 7.68. The number of sulfonamides is 1. The number of nitrogens with zero attached hydrogens (tertiary/aromatic N) is 1. The van der Waals surface area contributed by atoms with Crippen molar-refractivity contribution in [1.82, 2.24) is 4.31 Å². The van der Waals surface area contributed by atoms with Gasteiger partial charge in [-0.15, -0.1) is 0 Å². The topological polar surface area (TPSA) is 84.9 Å². The quantitative estimate of drug-likeness (QED) is 0.831. The number of carbonyl (C=O) groups excluding carboxylic acids is 1. The molecule has 0 fully saturated rings. The first-order valence-corrected chi connectivity index (χ1v) is 11.1. The molecule has 154 valence electrons. The average Bonchev–Trinajstić information content (AvgIpc) is 2.91. The van der Waals surface area contributed by atoms with E-state index >= 15 is 0 Å². The second-order valence-corrected chi connectivity index (χ2v) is 9.19. The maximum atomic E-state index is 13.3. The normalized spacial score (nSPS) is 19.2. The van der Waals surface area contributed by atoms with Gasteiger partial charge in [-0.2, -0.15) is 4.31 Å². The molecular formula is C21H24N2O5S. The molecule has 0 bridgehead atoms. The summed E-state index contributed by atoms with van der Waals surface area (Å²) in [6.07, 6.45) is 1.43. The van der Waals surface area contributed by atoms with Crippen LogP contribution >= 0.6 is 0 Å². The van der Waals surface area contributed by atoms with E-state index in [1.54, 1.807) is 12.1 Å². The molecule has 0 aromatic heterocycles. The maximum Gasteiger partial charge on any atom is 0.243 e. The zero-order chi connectivity index (χ0) is 20.6. The number of benzene rings is 2. The highest BCUT2D eigenvalue weighted by Gasteiger charge is 2.35. The highest BCUT2D eigenvalue weighted by molar-refractivity contribution is 7.89. The summed E-state index contributed by atoms with van der Waals surface area (Å²) in [5.41, 5.74) is 2.60. The van der Waals surface area contributed by atoms with Gasteiger partial charge >= 0.3 is 0 Å². The molecule has 2 aromatic rings. The smallest absolute Gasteiger partial charge is 0.243 e. The Morgan fingerprint density at radius 1 is 1.10 bits per heavy atom. The Morgan fingerprint density at radius 3 is 2.41 bits per heavy atom. The van der Waals surface area contributed by atoms with Crippen LogP contribution in [0.1, 0.15) is 37.4 Å². The minimum atomic E-state index is -3.68. The van der Waals surface area contributed by atoms with E-state index in [1.165, 1.54) is 23.4 Å². The number of rotatable bonds is 3. The van der Waals surface area contributed by atoms with Crippen LogP contribution in [0.15, 0.2) is 41.3 Å². The van der Waals surface area contributed by atoms with Crippen LogP contribution in [-0.2, 0) is 21.2 Å². The van der Waals surface area contributed by atoms with Gasteiger partial charge in [-0.3, -0.25) is 4.79 Å². The minimum absolute atomic E-state index is 0.202. The van der Waals surface area contributed by atoms with Crippen molar-refractivity contribution in [2.75, 3.05) is 25.1 Å². The highest BCUT2D eigenvalue weighted by Crippen LogP contribution is 2.40. The molecule has 0 aliphatic carbocycles. The van der Waals surface area contributed by atoms with Crippen molar-refractivity contribution in [3.8, 4) is 11.5 Å². The molecule has 2 heterocycles. The van der Waals surface area contributed by atoms with Gasteiger partial charge in [0.1, 0.15) is 0 Å². The minimum Gasteiger partial charge on any atom is -0.490 e. The third kappa shape index (κ3) is 3.82. The van der Waals surface area contributed by atoms with Gasteiger partial charge in [0.25, 0.3) is 0 Å². The van der Waals surface area contributed by atoms with Crippen molar-refractivity contribution in [3.05, 3.63) is 47.5 Å². The number of hydrogen-bond donors (Lipinski definition) is 1. The molecule has 0 saturated carbocycles. The summed E-state index contributed by atoms with van der Waals surface area (Å²) in [4.78, 5) is 11.4. The largest absolute Gasteiger partial charge is 0.490 e. The average molecular weight is 416 g/mol. The van der Waals surface area contributed by atoms with E-state index in [0.717, 1.165) is 23.3 Å². The van der Waals surface area contributed by atoms with Gasteiger partial charge in [0.15, 0.2) is 11.5 Å². The number of ether oxygens (including phenoxy) is 2. The molecule has 2 aliphatic heterocycles. The van der Waals surface area contributed by atoms with Crippen LogP contribution in [0.5, 0.6) is 11.5 Å². The molecule has 8 heteroatoms. The van der Waals surface area contributed by atoms with Gasteiger partial charge in [0.05, 0.1) is 18.1 Å². The molecule has 29 heavy (non-hydrogen) atoms. The fourth-order valence-electron chi connectivity index (χ4n) is 3.83. The van der Waals surface area contributed by atoms with Gasteiger partial charge in [0, 0.05) is 31.6 Å². The van der Waals surface area contributed by atoms with Gasteiger partial charge in [-0.05, 0) is 60.9 Å². The van der Waals surface area contributed by atoms with Crippen molar-refractivity contribution in [2.24, 2.45) is 0 Å². The molecule has 2 aliphatic rings. The number of anilines is 1. The molecule has 7 nitrogen and oxygen atoms in total. The van der Waals surface area contributed by atoms with E-state index in [9.17, 15) is 13.2 Å². The summed E-state index contributed by atoms with van der Waals surface area (Å²) in [5, 5.41) is 2.65. The van der Waals surface area contributed by atoms with Crippen LogP contribution in [0.2, 0.25) is 0 Å². The summed E-state index contributed by atoms with van der Waals surface area (Å²) >= 11 is 0. The first-order valence-electron chi connectivity index (χ1n) is 9.68. The number of carbonyl (C=O) groups is 1. The van der Waals surface area contributed by atoms with Crippen LogP contribution in [0.4, 0.5) is 5.69 Å². The van der Waals surface area contributed by atoms with Crippen LogP contribution in [0.25, 0.3) is 0 Å². The van der Waals surface area contributed by atoms with Crippen molar-refractivity contribution in [1.29, 1.82) is 0 Å². The Morgan fingerprint density at radius 2 is 1.76 bits per heavy atom. The zero-order valence-electron chi connectivity index (χ0n) is 16.5. The van der Waals surface area contributed by atoms with Gasteiger partial charge < -0.3 is 14.8 Å². The Labute approximate surface area is 170 Å². The Balaban J connectivity index is 1.63. The van der Waals surface area contributed by atoms with Crippen molar-refractivity contribution in [3.63, 3.8) is 0 Å². The van der Waals surface area contributed by atoms with E-state index in [0.29, 0.717) is 37.6 Å². The Hall–Kier alpha value is -2.58. The third-order valence-corrected chi connectivity index (χ3v) is 7.26. The highest BCUT2D eigenvalue weighted by atomic mass is 32.2. The maximum absolute atomic E-state index is 13.3. The van der Waals surface area contributed by atoms with Gasteiger partial charge in [-0.25, -0.2) is 8.42 Å². The first-order chi connectivity index (χ1) is 13.9. The molecule has 0 radical (unpaired) electrons. The zero-order valence-corrected chi connectivity index (χ0v) is 17.3. The molecule has 2 aromatic carbocycles. The van der Waals surface area contributed by atoms with E-state index in [1.807, 2.05) is 19.1 Å². The molecular weight excluding hydrogens is 392 g/mol. The lowest BCUT2D eigenvalue weighted by molar-refractivity contribution is -0.114. The lowest BCUT2D eigenvalue weighted by atomic mass is 9.94. The van der Waals surface area contributed by atoms with E-state index in [4.69, 9.17) is 9.47 Å². The van der Waals surface area contributed by atoms with Gasteiger partial charge in [0.2, 0.25) is 15.9 Å². The number of nitrogens with one attached hydrogen (secondary N) is 1. The van der Waals surface area contributed by atoms with Crippen molar-refractivity contribution >= 4 is 21.6 Å². The van der Waals surface area contributed by atoms with Crippen molar-refractivity contribution < 1.29 is 22.7 Å². The van der Waals surface area contributed by atoms with Gasteiger partial charge in [-0.1, -0.05) is 0 Å². The van der Waals surface area contributed by atoms with E-state index < -0.39 is 10.0 Å². The standard InChI is InChI=1S/C21H24N2O5S/c1-14-19-13-21-20(27-10-3-11-28-21)12-16(19)8-9-23(14)29(25,26)18-6-4-17(5-7-18)22-15(2)24/h4-7,12-14H,3,8-11H2,1-2H3,(H,22,24)/t14-/m0/s1. The van der Waals surface area contributed by atoms with E-state index in [-0.39, 0.29) is 16.8 Å².